The molecule has 610 valence electrons. The second-order valence-corrected chi connectivity index (χ2v) is 32.4. The Morgan fingerprint density at radius 1 is 0.211 bits per heavy atom. The number of benzene rings is 16. The normalized spacial score (nSPS) is 12.0. The fourth-order valence-electron chi connectivity index (χ4n) is 18.4. The van der Waals surface area contributed by atoms with Gasteiger partial charge in [0.2, 0.25) is 0 Å². The summed E-state index contributed by atoms with van der Waals surface area (Å²) in [6.45, 7) is 2.55. The second-order valence-electron chi connectivity index (χ2n) is 32.4. The van der Waals surface area contributed by atoms with Crippen LogP contribution in [0.15, 0.2) is 316 Å². The van der Waals surface area contributed by atoms with E-state index in [2.05, 4.69) is 270 Å². The first-order valence-corrected chi connectivity index (χ1v) is 42.3. The lowest BCUT2D eigenvalue weighted by molar-refractivity contribution is 0.301. The summed E-state index contributed by atoms with van der Waals surface area (Å²) in [4.78, 5) is 39.9. The van der Waals surface area contributed by atoms with Gasteiger partial charge in [0.25, 0.3) is 0 Å². The zero-order chi connectivity index (χ0) is 84.3. The molecule has 0 atom stereocenters. The lowest BCUT2D eigenvalue weighted by Gasteiger charge is -2.11. The highest BCUT2D eigenvalue weighted by Gasteiger charge is 2.27. The third kappa shape index (κ3) is 13.4. The average Bonchev–Trinajstić information content (AvgIpc) is 1.63. The van der Waals surface area contributed by atoms with Gasteiger partial charge in [0.05, 0.1) is 51.0 Å². The van der Waals surface area contributed by atoms with Crippen LogP contribution in [0, 0.1) is 0 Å². The van der Waals surface area contributed by atoms with Crippen molar-refractivity contribution in [2.75, 3.05) is 0 Å². The van der Waals surface area contributed by atoms with Crippen LogP contribution in [0.2, 0.25) is 0 Å². The summed E-state index contributed by atoms with van der Waals surface area (Å²) in [6.07, 6.45) is 7.76. The molecule has 128 heavy (non-hydrogen) atoms. The molecule has 2 aliphatic rings. The highest BCUT2D eigenvalue weighted by atomic mass is 16.5. The Hall–Kier alpha value is -17.3. The predicted molar refractivity (Wildman–Crippen MR) is 496 cm³/mol. The largest absolute Gasteiger partial charge is 0.487 e. The Morgan fingerprint density at radius 2 is 0.445 bits per heavy atom. The highest BCUT2D eigenvalue weighted by Crippen LogP contribution is 2.43. The van der Waals surface area contributed by atoms with E-state index < -0.39 is 0 Å². The van der Waals surface area contributed by atoms with Crippen molar-refractivity contribution < 1.29 is 18.9 Å². The van der Waals surface area contributed by atoms with Crippen LogP contribution in [0.5, 0.6) is 23.0 Å². The number of hydrogen-bond donors (Lipinski definition) is 2. The van der Waals surface area contributed by atoms with Crippen LogP contribution >= 0.6 is 0 Å². The zero-order valence-corrected chi connectivity index (χ0v) is 68.4. The van der Waals surface area contributed by atoms with E-state index in [1.54, 1.807) is 0 Å². The molecule has 0 fully saturated rings. The SMILES string of the molecule is c1ccc2c(Cn3cc(COc4ccc5c(c4)-c4nc-5nc5[nH]c(nc6nc(nc7[nH]c(n4)c4ccc(OCc8cn(Cc9c%10ccccc%10cc%10ccccc9%10)nn8)cc74)-c4ccc(OCc7cn(Cc8c9ccccc9cc9ccccc89)nn7)cc4-6)c4ccc(OCc6cn(Cc7c8ccccc8cc8ccccc78)nn6)cc54)nn3)c3ccccc3cc2c1. The minimum Gasteiger partial charge on any atom is -0.487 e. The van der Waals surface area contributed by atoms with Crippen LogP contribution in [-0.4, -0.2) is 99.8 Å². The van der Waals surface area contributed by atoms with Crippen molar-refractivity contribution in [3.63, 3.8) is 0 Å². The Bertz CT molecular complexity index is 7970. The first-order valence-electron chi connectivity index (χ1n) is 42.3. The van der Waals surface area contributed by atoms with Gasteiger partial charge in [0, 0.05) is 43.8 Å². The first-order chi connectivity index (χ1) is 63.3. The van der Waals surface area contributed by atoms with Crippen molar-refractivity contribution in [1.29, 1.82) is 0 Å². The van der Waals surface area contributed by atoms with Crippen molar-refractivity contribution in [2.24, 2.45) is 0 Å². The topological polar surface area (TPSA) is 269 Å². The number of nitrogens with zero attached hydrogens (tertiary/aromatic N) is 18. The molecule has 24 heteroatoms. The number of H-pyrrole nitrogens is 2. The molecule has 23 aromatic rings. The monoisotopic (exact) mass is 1660 g/mol. The van der Waals surface area contributed by atoms with E-state index in [0.717, 1.165) is 119 Å². The number of hydrogen-bond acceptors (Lipinski definition) is 18. The quantitative estimate of drug-likeness (QED) is 0.0671. The minimum absolute atomic E-state index is 0.124. The summed E-state index contributed by atoms with van der Waals surface area (Å²) in [6, 6.07) is 100.0. The molecule has 0 saturated carbocycles. The molecule has 0 unspecified atom stereocenters. The highest BCUT2D eigenvalue weighted by molar-refractivity contribution is 6.09. The number of ether oxygens (including phenoxy) is 4. The Kier molecular flexibility index (Phi) is 17.4. The first kappa shape index (κ1) is 73.4. The van der Waals surface area contributed by atoms with E-state index in [1.165, 1.54) is 0 Å². The molecule has 9 heterocycles. The van der Waals surface area contributed by atoms with E-state index in [0.29, 0.717) is 151 Å². The van der Waals surface area contributed by atoms with E-state index in [-0.39, 0.29) is 26.4 Å². The van der Waals surface area contributed by atoms with Gasteiger partial charge in [-0.25, -0.2) is 48.6 Å². The minimum atomic E-state index is 0.124. The van der Waals surface area contributed by atoms with Crippen molar-refractivity contribution in [3.05, 3.63) is 361 Å². The third-order valence-electron chi connectivity index (χ3n) is 24.4. The summed E-state index contributed by atoms with van der Waals surface area (Å²) in [5.41, 5.74) is 11.8. The van der Waals surface area contributed by atoms with Crippen molar-refractivity contribution in [2.45, 2.75) is 52.6 Å². The predicted octanol–water partition coefficient (Wildman–Crippen LogP) is 21.0. The number of nitrogens with one attached hydrogen (secondary N) is 2. The van der Waals surface area contributed by atoms with E-state index in [4.69, 9.17) is 48.9 Å². The second kappa shape index (κ2) is 30.3. The van der Waals surface area contributed by atoms with Crippen molar-refractivity contribution in [3.8, 4) is 68.5 Å². The standard InChI is InChI=1S/C104H70N20O4/c1-9-25-77-61(17-1)41-62-18-2-10-26-78(62)93(77)53-121-49-69(113-117-121)57-125-73-33-37-85-89(45-73)101-105-97(85)110-102-91-47-75(127-59-71-51-123(119-115-71)55-95-81-29-13-5-21-65(81)43-66-22-6-14-30-82(66)95)35-39-87(91)99(107-102)112-104-92-48-76(128-60-72-52-124(120-116-72)56-96-83-31-15-7-23-67(83)44-68-24-8-16-32-84(68)96)36-40-88(92)100(108-104)111-103-90-46-74(34-38-86(90)98(106-103)109-101)126-58-70-50-122(118-114-70)54-94-79-27-11-3-19-63(79)42-64-20-4-12-28-80(64)94/h1-52H,53-60H2,(H2,105,106,107,108,109,110,111,112). The third-order valence-corrected chi connectivity index (χ3v) is 24.4. The zero-order valence-electron chi connectivity index (χ0n) is 68.4. The molecule has 2 N–H and O–H groups in total. The van der Waals surface area contributed by atoms with Crippen molar-refractivity contribution >= 4 is 130 Å². The summed E-state index contributed by atoms with van der Waals surface area (Å²) in [5.74, 6) is 3.67. The Balaban J connectivity index is 0.593. The summed E-state index contributed by atoms with van der Waals surface area (Å²) in [5, 5.41) is 58.4. The molecule has 24 nitrogen and oxygen atoms in total. The van der Waals surface area contributed by atoms with Crippen LogP contribution in [0.1, 0.15) is 45.0 Å². The molecule has 0 radical (unpaired) electrons. The molecule has 16 aromatic carbocycles. The smallest absolute Gasteiger partial charge is 0.164 e. The van der Waals surface area contributed by atoms with Gasteiger partial charge < -0.3 is 28.9 Å². The summed E-state index contributed by atoms with van der Waals surface area (Å²) in [7, 11) is 0. The van der Waals surface area contributed by atoms with Gasteiger partial charge >= 0.3 is 0 Å². The molecule has 7 aromatic heterocycles. The Morgan fingerprint density at radius 3 is 0.719 bits per heavy atom. The maximum Gasteiger partial charge on any atom is 0.164 e. The molecule has 8 bridgehead atoms. The molecule has 25 rings (SSSR count). The van der Waals surface area contributed by atoms with Crippen LogP contribution in [-0.2, 0) is 52.6 Å². The Labute approximate surface area is 727 Å². The fourth-order valence-corrected chi connectivity index (χ4v) is 18.4. The van der Waals surface area contributed by atoms with Crippen LogP contribution in [0.25, 0.3) is 176 Å². The van der Waals surface area contributed by atoms with Gasteiger partial charge in [0.15, 0.2) is 23.3 Å². The van der Waals surface area contributed by atoms with E-state index >= 15 is 0 Å². The molecule has 0 spiro atoms. The van der Waals surface area contributed by atoms with Gasteiger partial charge in [-0.05, 0) is 205 Å². The van der Waals surface area contributed by atoms with E-state index in [1.807, 2.05) is 116 Å². The molecular formula is C104H70N20O4. The fraction of sp³-hybridized carbons (Fsp3) is 0.0769. The van der Waals surface area contributed by atoms with Crippen molar-refractivity contribution in [1.82, 2.24) is 99.8 Å². The van der Waals surface area contributed by atoms with Gasteiger partial charge in [-0.15, -0.1) is 20.4 Å². The lowest BCUT2D eigenvalue weighted by Crippen LogP contribution is -2.02. The number of fused-ring (bicyclic) bond motifs is 28. The van der Waals surface area contributed by atoms with Crippen LogP contribution < -0.4 is 18.9 Å². The van der Waals surface area contributed by atoms with Gasteiger partial charge in [-0.3, -0.25) is 0 Å². The van der Waals surface area contributed by atoms with Gasteiger partial charge in [-0.1, -0.05) is 215 Å². The van der Waals surface area contributed by atoms with Crippen LogP contribution in [0.4, 0.5) is 0 Å². The van der Waals surface area contributed by atoms with Crippen LogP contribution in [0.3, 0.4) is 0 Å². The molecule has 0 saturated heterocycles. The number of aromatic amines is 2. The summed E-state index contributed by atoms with van der Waals surface area (Å²) < 4.78 is 34.2. The lowest BCUT2D eigenvalue weighted by atomic mass is 9.97. The average molecular weight is 1660 g/mol. The molecule has 0 amide bonds. The maximum absolute atomic E-state index is 6.69. The maximum atomic E-state index is 6.69. The number of aromatic nitrogens is 20. The van der Waals surface area contributed by atoms with Gasteiger partial charge in [-0.2, -0.15) is 0 Å². The molecular weight excluding hydrogens is 1590 g/mol. The molecule has 0 aliphatic carbocycles. The molecule has 2 aliphatic heterocycles. The van der Waals surface area contributed by atoms with Gasteiger partial charge in [0.1, 0.15) is 94.8 Å². The number of rotatable bonds is 20. The van der Waals surface area contributed by atoms with E-state index in [9.17, 15) is 0 Å². The summed E-state index contributed by atoms with van der Waals surface area (Å²) >= 11 is 0.